The number of halogens is 1. The van der Waals surface area contributed by atoms with E-state index in [4.69, 9.17) is 12.2 Å². The van der Waals surface area contributed by atoms with Crippen molar-refractivity contribution < 1.29 is 9.18 Å². The monoisotopic (exact) mass is 442 g/mol. The average molecular weight is 442 g/mol. The lowest BCUT2D eigenvalue weighted by Crippen LogP contribution is -2.36. The van der Waals surface area contributed by atoms with E-state index < -0.39 is 5.82 Å². The Kier molecular flexibility index (Phi) is 4.31. The molecule has 0 unspecified atom stereocenters. The summed E-state index contributed by atoms with van der Waals surface area (Å²) in [6.45, 7) is 1.61. The molecule has 4 heterocycles. The van der Waals surface area contributed by atoms with Crippen LogP contribution in [0.1, 0.15) is 36.1 Å². The van der Waals surface area contributed by atoms with E-state index in [1.54, 1.807) is 6.20 Å². The van der Waals surface area contributed by atoms with Crippen molar-refractivity contribution in [3.8, 4) is 12.3 Å². The zero-order chi connectivity index (χ0) is 22.9. The third-order valence-electron chi connectivity index (χ3n) is 7.34. The maximum atomic E-state index is 15.7. The van der Waals surface area contributed by atoms with Crippen molar-refractivity contribution in [3.05, 3.63) is 35.2 Å². The molecule has 7 nitrogen and oxygen atoms in total. The Morgan fingerprint density at radius 3 is 2.73 bits per heavy atom. The number of terminal acetylenes is 1. The zero-order valence-electron chi connectivity index (χ0n) is 18.4. The number of nitrogen functional groups attached to an aromatic ring is 1. The minimum atomic E-state index is -0.508. The second-order valence-corrected chi connectivity index (χ2v) is 9.02. The molecule has 0 saturated carbocycles. The number of amides is 1. The minimum absolute atomic E-state index is 0.0184. The van der Waals surface area contributed by atoms with Gasteiger partial charge in [0, 0.05) is 48.4 Å². The van der Waals surface area contributed by atoms with Gasteiger partial charge in [0.15, 0.2) is 5.82 Å². The molecule has 166 valence electrons. The van der Waals surface area contributed by atoms with Gasteiger partial charge in [0.25, 0.3) is 0 Å². The number of likely N-dealkylation sites (tertiary alicyclic amines) is 1. The van der Waals surface area contributed by atoms with Gasteiger partial charge >= 0.3 is 0 Å². The molecule has 1 aromatic carbocycles. The van der Waals surface area contributed by atoms with Crippen molar-refractivity contribution in [2.75, 3.05) is 18.8 Å². The van der Waals surface area contributed by atoms with Crippen molar-refractivity contribution in [1.29, 1.82) is 0 Å². The molecule has 4 aromatic rings. The van der Waals surface area contributed by atoms with Gasteiger partial charge in [-0.15, -0.1) is 6.42 Å². The van der Waals surface area contributed by atoms with Gasteiger partial charge in [-0.3, -0.25) is 4.79 Å². The molecule has 2 N–H and O–H groups in total. The van der Waals surface area contributed by atoms with Crippen LogP contribution in [0.25, 0.3) is 32.7 Å². The van der Waals surface area contributed by atoms with Gasteiger partial charge in [0.1, 0.15) is 23.5 Å². The summed E-state index contributed by atoms with van der Waals surface area (Å²) < 4.78 is 17.6. The Balaban J connectivity index is 1.69. The summed E-state index contributed by atoms with van der Waals surface area (Å²) in [5.74, 6) is 2.23. The highest BCUT2D eigenvalue weighted by atomic mass is 19.1. The molecule has 8 heteroatoms. The predicted molar refractivity (Wildman–Crippen MR) is 125 cm³/mol. The Labute approximate surface area is 189 Å². The lowest BCUT2D eigenvalue weighted by molar-refractivity contribution is -0.134. The number of carbonyl (C=O) groups excluding carboxylic acids is 1. The number of fused-ring (bicyclic) bond motifs is 8. The summed E-state index contributed by atoms with van der Waals surface area (Å²) in [5, 5.41) is 2.79. The van der Waals surface area contributed by atoms with Gasteiger partial charge < -0.3 is 15.2 Å². The number of aryl methyl sites for hydroxylation is 2. The lowest BCUT2D eigenvalue weighted by Gasteiger charge is -2.29. The number of hydrogen-bond acceptors (Lipinski definition) is 5. The number of anilines is 1. The highest BCUT2D eigenvalue weighted by molar-refractivity contribution is 6.22. The molecule has 1 saturated heterocycles. The highest BCUT2D eigenvalue weighted by Crippen LogP contribution is 2.44. The fourth-order valence-corrected chi connectivity index (χ4v) is 5.82. The third-order valence-corrected chi connectivity index (χ3v) is 7.34. The molecule has 1 aliphatic carbocycles. The normalized spacial score (nSPS) is 18.2. The van der Waals surface area contributed by atoms with Crippen LogP contribution in [0.4, 0.5) is 10.2 Å². The first-order valence-corrected chi connectivity index (χ1v) is 11.3. The van der Waals surface area contributed by atoms with Crippen LogP contribution in [0.2, 0.25) is 0 Å². The fraction of sp³-hybridized carbons (Fsp3) is 0.360. The number of benzene rings is 1. The molecule has 0 radical (unpaired) electrons. The van der Waals surface area contributed by atoms with Crippen LogP contribution in [-0.4, -0.2) is 43.4 Å². The topological polar surface area (TPSA) is 89.9 Å². The number of hydrogen-bond donors (Lipinski definition) is 1. The fourth-order valence-electron chi connectivity index (χ4n) is 5.82. The highest BCUT2D eigenvalue weighted by Gasteiger charge is 2.34. The van der Waals surface area contributed by atoms with Gasteiger partial charge in [-0.2, -0.15) is 0 Å². The quantitative estimate of drug-likeness (QED) is 0.458. The number of aromatic nitrogens is 4. The van der Waals surface area contributed by atoms with Crippen molar-refractivity contribution in [2.45, 2.75) is 32.1 Å². The van der Waals surface area contributed by atoms with Crippen LogP contribution >= 0.6 is 0 Å². The van der Waals surface area contributed by atoms with Crippen molar-refractivity contribution in [2.24, 2.45) is 13.0 Å². The molecule has 1 fully saturated rings. The summed E-state index contributed by atoms with van der Waals surface area (Å²) in [6, 6.07) is 0. The number of carbonyl (C=O) groups is 1. The molecule has 1 amide bonds. The molecule has 33 heavy (non-hydrogen) atoms. The van der Waals surface area contributed by atoms with Crippen molar-refractivity contribution in [3.63, 3.8) is 0 Å². The summed E-state index contributed by atoms with van der Waals surface area (Å²) in [7, 11) is 1.89. The second kappa shape index (κ2) is 7.14. The van der Waals surface area contributed by atoms with Gasteiger partial charge in [-0.05, 0) is 49.2 Å². The largest absolute Gasteiger partial charge is 0.383 e. The van der Waals surface area contributed by atoms with Crippen LogP contribution in [0, 0.1) is 24.1 Å². The lowest BCUT2D eigenvalue weighted by atomic mass is 9.79. The smallest absolute Gasteiger partial charge is 0.226 e. The maximum Gasteiger partial charge on any atom is 0.226 e. The maximum absolute atomic E-state index is 15.7. The van der Waals surface area contributed by atoms with E-state index in [-0.39, 0.29) is 17.5 Å². The molecule has 6 rings (SSSR count). The zero-order valence-corrected chi connectivity index (χ0v) is 18.4. The Hall–Kier alpha value is -3.73. The molecule has 0 spiro atoms. The average Bonchev–Trinajstić information content (AvgIpc) is 3.46. The van der Waals surface area contributed by atoms with E-state index in [9.17, 15) is 4.79 Å². The van der Waals surface area contributed by atoms with Gasteiger partial charge in [-0.1, -0.05) is 0 Å². The van der Waals surface area contributed by atoms with Crippen LogP contribution < -0.4 is 5.73 Å². The number of rotatable bonds is 1. The van der Waals surface area contributed by atoms with Crippen molar-refractivity contribution >= 4 is 44.4 Å². The van der Waals surface area contributed by atoms with Gasteiger partial charge in [0.2, 0.25) is 5.91 Å². The predicted octanol–water partition coefficient (Wildman–Crippen LogP) is 3.10. The summed E-state index contributed by atoms with van der Waals surface area (Å²) >= 11 is 0. The first kappa shape index (κ1) is 19.9. The first-order chi connectivity index (χ1) is 16.0. The van der Waals surface area contributed by atoms with Gasteiger partial charge in [-0.25, -0.2) is 19.3 Å². The van der Waals surface area contributed by atoms with Crippen LogP contribution in [0.3, 0.4) is 0 Å². The number of nitrogens with zero attached hydrogens (tertiary/aromatic N) is 5. The summed E-state index contributed by atoms with van der Waals surface area (Å²) in [4.78, 5) is 28.1. The number of pyridine rings is 1. The molecule has 1 atom stereocenters. The Bertz CT molecular complexity index is 1530. The summed E-state index contributed by atoms with van der Waals surface area (Å²) in [5.41, 5.74) is 9.61. The van der Waals surface area contributed by atoms with E-state index in [0.717, 1.165) is 53.3 Å². The van der Waals surface area contributed by atoms with E-state index in [1.807, 2.05) is 16.5 Å². The standard InChI is InChI=1S/C25H23FN6O/c1-3-17-21(26)18-15-10-13(25(33)32-8-4-5-9-32)6-7-14(15)19-20-23(27)29-12-30-24(20)31(2)22(19)16(18)11-28-17/h1,11-13H,4-10H2,2H3,(H2,27,29,30)/t13-/m0/s1. The van der Waals surface area contributed by atoms with E-state index in [2.05, 4.69) is 20.9 Å². The van der Waals surface area contributed by atoms with Crippen LogP contribution in [0.5, 0.6) is 0 Å². The molecule has 3 aromatic heterocycles. The molecule has 2 aliphatic rings. The van der Waals surface area contributed by atoms with Crippen LogP contribution in [0.15, 0.2) is 12.5 Å². The SMILES string of the molecule is C#Cc1ncc2c(c1F)c1c(c3c4c(N)ncnc4n(C)c23)CC[C@H](C(=O)N2CCCC2)C1. The minimum Gasteiger partial charge on any atom is -0.383 e. The molecular formula is C25H23FN6O. The second-order valence-electron chi connectivity index (χ2n) is 9.02. The molecule has 0 bridgehead atoms. The van der Waals surface area contributed by atoms with Crippen LogP contribution in [-0.2, 0) is 24.7 Å². The van der Waals surface area contributed by atoms with E-state index in [1.165, 1.54) is 6.33 Å². The first-order valence-electron chi connectivity index (χ1n) is 11.3. The van der Waals surface area contributed by atoms with E-state index >= 15 is 4.39 Å². The number of nitrogens with two attached hydrogens (primary N) is 1. The summed E-state index contributed by atoms with van der Waals surface area (Å²) in [6.07, 6.45) is 12.5. The molecular weight excluding hydrogens is 419 g/mol. The Morgan fingerprint density at radius 1 is 1.18 bits per heavy atom. The van der Waals surface area contributed by atoms with E-state index in [0.29, 0.717) is 41.5 Å². The Morgan fingerprint density at radius 2 is 1.97 bits per heavy atom. The van der Waals surface area contributed by atoms with Gasteiger partial charge in [0.05, 0.1) is 10.9 Å². The van der Waals surface area contributed by atoms with Crippen molar-refractivity contribution in [1.82, 2.24) is 24.4 Å². The third kappa shape index (κ3) is 2.68. The molecule has 1 aliphatic heterocycles.